The fourth-order valence-electron chi connectivity index (χ4n) is 3.49. The van der Waals surface area contributed by atoms with Gasteiger partial charge in [0.05, 0.1) is 16.7 Å². The zero-order valence-electron chi connectivity index (χ0n) is 15.1. The molecule has 0 atom stereocenters. The highest BCUT2D eigenvalue weighted by atomic mass is 32.2. The van der Waals surface area contributed by atoms with E-state index >= 15 is 0 Å². The third kappa shape index (κ3) is 3.87. The van der Waals surface area contributed by atoms with Gasteiger partial charge in [-0.15, -0.1) is 0 Å². The van der Waals surface area contributed by atoms with Crippen LogP contribution in [-0.4, -0.2) is 26.9 Å². The van der Waals surface area contributed by atoms with Crippen LogP contribution >= 0.6 is 11.8 Å². The van der Waals surface area contributed by atoms with E-state index in [1.54, 1.807) is 11.0 Å². The molecule has 1 saturated carbocycles. The van der Waals surface area contributed by atoms with Gasteiger partial charge in [0.25, 0.3) is 5.91 Å². The first-order chi connectivity index (χ1) is 13.6. The molecule has 2 aliphatic rings. The van der Waals surface area contributed by atoms with Crippen molar-refractivity contribution >= 4 is 40.5 Å². The molecule has 1 aromatic carbocycles. The number of benzene rings is 1. The largest absolute Gasteiger partial charge is 0.433 e. The molecule has 2 aromatic rings. The maximum atomic E-state index is 13.1. The average Bonchev–Trinajstić information content (AvgIpc) is 3.29. The standard InChI is InChI=1S/C20H19N3O4S/c24-19-17(13-16-11-12-18(27-16)23(25)26)28-20(21-14-7-3-1-4-8-14)22(19)15-9-5-2-6-10-15/h1,3-4,7-8,11-13,15H,2,5-6,9-10H2/b17-13-,21-20?. The lowest BCUT2D eigenvalue weighted by Crippen LogP contribution is -2.40. The summed E-state index contributed by atoms with van der Waals surface area (Å²) in [6, 6.07) is 12.4. The molecule has 0 spiro atoms. The predicted octanol–water partition coefficient (Wildman–Crippen LogP) is 5.12. The Morgan fingerprint density at radius 2 is 1.89 bits per heavy atom. The van der Waals surface area contributed by atoms with E-state index in [-0.39, 0.29) is 23.6 Å². The molecule has 0 N–H and O–H groups in total. The van der Waals surface area contributed by atoms with Crippen molar-refractivity contribution in [3.05, 3.63) is 63.2 Å². The summed E-state index contributed by atoms with van der Waals surface area (Å²) in [5.41, 5.74) is 0.786. The van der Waals surface area contributed by atoms with Crippen molar-refractivity contribution in [1.82, 2.24) is 4.90 Å². The number of thioether (sulfide) groups is 1. The summed E-state index contributed by atoms with van der Waals surface area (Å²) in [5.74, 6) is -0.178. The molecule has 7 nitrogen and oxygen atoms in total. The minimum Gasteiger partial charge on any atom is -0.401 e. The quantitative estimate of drug-likeness (QED) is 0.406. The Bertz CT molecular complexity index is 945. The number of carbonyl (C=O) groups excluding carboxylic acids is 1. The SMILES string of the molecule is O=C1/C(=C/c2ccc([N+](=O)[O-])o2)SC(=Nc2ccccc2)N1C1CCCCC1. The first-order valence-electron chi connectivity index (χ1n) is 9.23. The van der Waals surface area contributed by atoms with Crippen LogP contribution in [0, 0.1) is 10.1 Å². The first-order valence-corrected chi connectivity index (χ1v) is 10.0. The minimum absolute atomic E-state index is 0.120. The third-order valence-corrected chi connectivity index (χ3v) is 5.81. The molecule has 0 bridgehead atoms. The molecule has 8 heteroatoms. The lowest BCUT2D eigenvalue weighted by Gasteiger charge is -2.30. The fourth-order valence-corrected chi connectivity index (χ4v) is 4.52. The number of rotatable bonds is 4. The Morgan fingerprint density at radius 1 is 1.14 bits per heavy atom. The van der Waals surface area contributed by atoms with Crippen molar-refractivity contribution < 1.29 is 14.1 Å². The van der Waals surface area contributed by atoms with E-state index in [1.165, 1.54) is 30.3 Å². The van der Waals surface area contributed by atoms with E-state index in [0.717, 1.165) is 31.4 Å². The number of hydrogen-bond acceptors (Lipinski definition) is 6. The number of hydrogen-bond donors (Lipinski definition) is 0. The highest BCUT2D eigenvalue weighted by Gasteiger charge is 2.38. The number of para-hydroxylation sites is 1. The van der Waals surface area contributed by atoms with Crippen molar-refractivity contribution in [3.63, 3.8) is 0 Å². The zero-order chi connectivity index (χ0) is 19.5. The van der Waals surface area contributed by atoms with Crippen LogP contribution in [-0.2, 0) is 4.79 Å². The lowest BCUT2D eigenvalue weighted by atomic mass is 9.94. The number of nitrogens with zero attached hydrogens (tertiary/aromatic N) is 3. The van der Waals surface area contributed by atoms with E-state index in [0.29, 0.717) is 10.1 Å². The lowest BCUT2D eigenvalue weighted by molar-refractivity contribution is -0.402. The van der Waals surface area contributed by atoms with Gasteiger partial charge in [0, 0.05) is 12.1 Å². The maximum absolute atomic E-state index is 13.1. The molecule has 28 heavy (non-hydrogen) atoms. The molecule has 0 radical (unpaired) electrons. The summed E-state index contributed by atoms with van der Waals surface area (Å²) < 4.78 is 5.19. The van der Waals surface area contributed by atoms with Gasteiger partial charge in [-0.2, -0.15) is 0 Å². The van der Waals surface area contributed by atoms with Gasteiger partial charge in [0.2, 0.25) is 0 Å². The van der Waals surface area contributed by atoms with Gasteiger partial charge in [-0.3, -0.25) is 19.8 Å². The van der Waals surface area contributed by atoms with Crippen molar-refractivity contribution in [2.75, 3.05) is 0 Å². The summed E-state index contributed by atoms with van der Waals surface area (Å²) in [6.45, 7) is 0. The summed E-state index contributed by atoms with van der Waals surface area (Å²) in [7, 11) is 0. The molecule has 0 unspecified atom stereocenters. The second-order valence-corrected chi connectivity index (χ2v) is 7.75. The fraction of sp³-hybridized carbons (Fsp3) is 0.300. The average molecular weight is 397 g/mol. The van der Waals surface area contributed by atoms with E-state index in [1.807, 2.05) is 30.3 Å². The number of aliphatic imine (C=N–C) groups is 1. The molecular weight excluding hydrogens is 378 g/mol. The minimum atomic E-state index is -0.595. The molecule has 1 saturated heterocycles. The van der Waals surface area contributed by atoms with Gasteiger partial charge in [-0.1, -0.05) is 37.5 Å². The van der Waals surface area contributed by atoms with Crippen molar-refractivity contribution in [2.24, 2.45) is 4.99 Å². The molecule has 1 aliphatic carbocycles. The number of carbonyl (C=O) groups is 1. The number of amides is 1. The summed E-state index contributed by atoms with van der Waals surface area (Å²) >= 11 is 1.29. The van der Waals surface area contributed by atoms with Gasteiger partial charge >= 0.3 is 5.88 Å². The van der Waals surface area contributed by atoms with Crippen molar-refractivity contribution in [3.8, 4) is 0 Å². The molecule has 4 rings (SSSR count). The summed E-state index contributed by atoms with van der Waals surface area (Å²) in [5, 5.41) is 11.5. The number of furan rings is 1. The predicted molar refractivity (Wildman–Crippen MR) is 108 cm³/mol. The van der Waals surface area contributed by atoms with Crippen LogP contribution in [0.4, 0.5) is 11.6 Å². The Labute approximate surface area is 166 Å². The first kappa shape index (κ1) is 18.5. The van der Waals surface area contributed by atoms with E-state index in [9.17, 15) is 14.9 Å². The van der Waals surface area contributed by atoms with Crippen LogP contribution in [0.25, 0.3) is 6.08 Å². The van der Waals surface area contributed by atoms with Crippen LogP contribution in [0.5, 0.6) is 0 Å². The van der Waals surface area contributed by atoms with Gasteiger partial charge in [0.1, 0.15) is 10.7 Å². The van der Waals surface area contributed by atoms with Crippen molar-refractivity contribution in [1.29, 1.82) is 0 Å². The normalized spacial score (nSPS) is 21.0. The molecule has 2 fully saturated rings. The second-order valence-electron chi connectivity index (χ2n) is 6.74. The van der Waals surface area contributed by atoms with E-state index < -0.39 is 4.92 Å². The smallest absolute Gasteiger partial charge is 0.401 e. The third-order valence-electron chi connectivity index (χ3n) is 4.82. The summed E-state index contributed by atoms with van der Waals surface area (Å²) in [6.07, 6.45) is 6.86. The Morgan fingerprint density at radius 3 is 2.57 bits per heavy atom. The Hall–Kier alpha value is -2.87. The zero-order valence-corrected chi connectivity index (χ0v) is 15.9. The molecule has 1 aliphatic heterocycles. The van der Waals surface area contributed by atoms with Crippen molar-refractivity contribution in [2.45, 2.75) is 38.1 Å². The maximum Gasteiger partial charge on any atom is 0.433 e. The van der Waals surface area contributed by atoms with Gasteiger partial charge < -0.3 is 4.42 Å². The van der Waals surface area contributed by atoms with Gasteiger partial charge in [-0.05, 0) is 42.8 Å². The van der Waals surface area contributed by atoms with Gasteiger partial charge in [-0.25, -0.2) is 4.99 Å². The molecule has 1 amide bonds. The summed E-state index contributed by atoms with van der Waals surface area (Å²) in [4.78, 5) is 30.3. The van der Waals surface area contributed by atoms with E-state index in [4.69, 9.17) is 9.41 Å². The second kappa shape index (κ2) is 8.02. The van der Waals surface area contributed by atoms with Gasteiger partial charge in [0.15, 0.2) is 5.17 Å². The Balaban J connectivity index is 1.67. The molecule has 1 aromatic heterocycles. The molecular formula is C20H19N3O4S. The van der Waals surface area contributed by atoms with E-state index in [2.05, 4.69) is 0 Å². The monoisotopic (exact) mass is 397 g/mol. The van der Waals surface area contributed by atoms with Crippen LogP contribution in [0.2, 0.25) is 0 Å². The van der Waals surface area contributed by atoms with Crippen LogP contribution in [0.15, 0.2) is 56.8 Å². The highest BCUT2D eigenvalue weighted by Crippen LogP contribution is 2.38. The number of amidine groups is 1. The van der Waals surface area contributed by atoms with Crippen LogP contribution in [0.3, 0.4) is 0 Å². The van der Waals surface area contributed by atoms with Crippen LogP contribution in [0.1, 0.15) is 37.9 Å². The van der Waals surface area contributed by atoms with Crippen LogP contribution < -0.4 is 0 Å². The topological polar surface area (TPSA) is 88.9 Å². The highest BCUT2D eigenvalue weighted by molar-refractivity contribution is 8.18. The molecule has 144 valence electrons. The number of nitro groups is 1. The Kier molecular flexibility index (Phi) is 5.29. The molecule has 2 heterocycles.